The van der Waals surface area contributed by atoms with Gasteiger partial charge in [0, 0.05) is 118 Å². The van der Waals surface area contributed by atoms with E-state index in [0.717, 1.165) is 12.5 Å². The summed E-state index contributed by atoms with van der Waals surface area (Å²) in [5, 5.41) is 8.83. The van der Waals surface area contributed by atoms with Crippen LogP contribution < -0.4 is 15.8 Å². The Kier molecular flexibility index (Phi) is 51.4. The maximum atomic E-state index is 11.6. The summed E-state index contributed by atoms with van der Waals surface area (Å²) in [5.41, 5.74) is 10.8. The Morgan fingerprint density at radius 2 is 0.654 bits per heavy atom. The van der Waals surface area contributed by atoms with Gasteiger partial charge in [-0.05, 0) is 79.3 Å². The van der Waals surface area contributed by atoms with E-state index in [1.54, 1.807) is 144 Å². The van der Waals surface area contributed by atoms with Crippen molar-refractivity contribution in [3.63, 3.8) is 0 Å². The van der Waals surface area contributed by atoms with Gasteiger partial charge in [-0.25, -0.2) is 38.4 Å². The molecule has 0 saturated carbocycles. The van der Waals surface area contributed by atoms with Crippen molar-refractivity contribution in [2.24, 2.45) is 47.2 Å². The van der Waals surface area contributed by atoms with E-state index in [-0.39, 0.29) is 153 Å². The van der Waals surface area contributed by atoms with Crippen LogP contribution in [0.5, 0.6) is 0 Å². The van der Waals surface area contributed by atoms with Gasteiger partial charge in [0.2, 0.25) is 15.9 Å². The van der Waals surface area contributed by atoms with Crippen LogP contribution in [0.2, 0.25) is 0 Å². The maximum Gasteiger partial charge on any atom is 0.251 e. The molecule has 0 bridgehead atoms. The number of ketones is 7. The summed E-state index contributed by atoms with van der Waals surface area (Å²) >= 11 is 0. The Bertz CT molecular complexity index is 4400. The van der Waals surface area contributed by atoms with E-state index >= 15 is 0 Å². The molecule has 0 radical (unpaired) electrons. The molecule has 22 nitrogen and oxygen atoms in total. The quantitative estimate of drug-likeness (QED) is 0.0458. The predicted molar refractivity (Wildman–Crippen MR) is 435 cm³/mol. The zero-order valence-corrected chi connectivity index (χ0v) is 64.1. The van der Waals surface area contributed by atoms with Crippen LogP contribution in [-0.2, 0) is 45.3 Å². The van der Waals surface area contributed by atoms with Crippen LogP contribution in [-0.4, -0.2) is 129 Å². The number of nitrogens with zero attached hydrogens (tertiary/aromatic N) is 1. The summed E-state index contributed by atoms with van der Waals surface area (Å²) in [6.45, 7) is 25.6. The minimum Gasteiger partial charge on any atom is -0.366 e. The second-order valence-corrected chi connectivity index (χ2v) is 33.4. The molecule has 5 N–H and O–H groups in total. The van der Waals surface area contributed by atoms with Crippen LogP contribution in [0.3, 0.4) is 0 Å². The molecule has 26 heteroatoms. The summed E-state index contributed by atoms with van der Waals surface area (Å²) in [4.78, 5) is 103. The highest BCUT2D eigenvalue weighted by Crippen LogP contribution is 2.19. The van der Waals surface area contributed by atoms with E-state index in [9.17, 15) is 76.8 Å². The molecule has 7 aromatic rings. The van der Waals surface area contributed by atoms with Gasteiger partial charge < -0.3 is 11.1 Å². The zero-order valence-electron chi connectivity index (χ0n) is 60.9. The van der Waals surface area contributed by atoms with Gasteiger partial charge in [-0.2, -0.15) is 5.10 Å². The SMILES string of the molecule is C.C.C.C.C.C.CC(C)C(=O)c1ccc(C(N)=O)cc1.CC(C)C(=O)c1ccc(CS(C)(=O)=O)cc1.CC(C)C(=O)c1ccc(S(C)(=O)=O)cc1.CC(C)C(=O)c1cccc(S(C)(=O)=O)c1.CC(C)C(=O)c1ccn[nH]1.CNC(=O)c1ccc(C(=O)C(C)C)cc1.CNS(=O)(=O)c1ccc(C(=O)C(C)C)cc1. The lowest BCUT2D eigenvalue weighted by Crippen LogP contribution is -2.18. The van der Waals surface area contributed by atoms with E-state index in [1.165, 1.54) is 61.8 Å². The fourth-order valence-electron chi connectivity index (χ4n) is 8.16. The highest BCUT2D eigenvalue weighted by atomic mass is 32.2. The number of nitrogens with one attached hydrogen (secondary N) is 3. The third kappa shape index (κ3) is 38.9. The van der Waals surface area contributed by atoms with Crippen LogP contribution in [0, 0.1) is 41.4 Å². The number of benzene rings is 6. The monoisotopic (exact) mass is 1560 g/mol. The first-order valence-electron chi connectivity index (χ1n) is 32.0. The lowest BCUT2D eigenvalue weighted by atomic mass is 10.00. The summed E-state index contributed by atoms with van der Waals surface area (Å²) < 4.78 is 92.0. The first kappa shape index (κ1) is 109. The lowest BCUT2D eigenvalue weighted by Gasteiger charge is -2.06. The standard InChI is InChI=1S/C12H15NO2.C12H16O3S.C11H15NO3S.C11H13NO2.2C11H14O3S.C7H10N2O.6CH4/c1-8(2)11(14)9-4-6-10(7-5-9)12(15)13-3;1-9(2)12(13)11-6-4-10(5-7-11)8-16(3,14)15;1-8(2)11(13)9-4-6-10(7-5-9)16(14,15)12-3;1-7(2)10(13)8-3-5-9(6-4-8)11(12)14;1-8(2)11(12)9-4-6-10(7-5-9)15(3,13)14;1-8(2)11(12)9-5-4-6-10(7-9)15(3,13)14;1-5(2)7(10)6-3-4-8-9-6;;;;;;/h4-8H,1-3H3,(H,13,15);4-7,9H,8H2,1-3H3;4-8,12H,1-3H3;3-7H,1-2H3,(H2,12,14);2*4-8H,1-3H3;3-5H,1-2H3,(H,8,9);6*1H4. The molecule has 0 spiro atoms. The molecule has 0 aliphatic heterocycles. The van der Waals surface area contributed by atoms with Crippen molar-refractivity contribution >= 4 is 91.8 Å². The second kappa shape index (κ2) is 50.5. The summed E-state index contributed by atoms with van der Waals surface area (Å²) in [7, 11) is -9.92. The smallest absolute Gasteiger partial charge is 0.251 e. The average Bonchev–Trinajstić information content (AvgIpc) is 0.893. The van der Waals surface area contributed by atoms with Crippen molar-refractivity contribution in [2.75, 3.05) is 32.9 Å². The van der Waals surface area contributed by atoms with Crippen molar-refractivity contribution in [1.82, 2.24) is 20.2 Å². The van der Waals surface area contributed by atoms with Crippen molar-refractivity contribution in [3.05, 3.63) is 214 Å². The van der Waals surface area contributed by atoms with Gasteiger partial charge in [0.1, 0.15) is 5.69 Å². The number of sulfone groups is 3. The van der Waals surface area contributed by atoms with Crippen molar-refractivity contribution in [3.8, 4) is 0 Å². The van der Waals surface area contributed by atoms with Gasteiger partial charge in [-0.1, -0.05) is 226 Å². The van der Waals surface area contributed by atoms with E-state index in [0.29, 0.717) is 55.8 Å². The number of carbonyl (C=O) groups is 9. The van der Waals surface area contributed by atoms with Gasteiger partial charge in [0.05, 0.1) is 20.4 Å². The number of Topliss-reactive ketones (excluding diaryl/α,β-unsaturated/α-hetero) is 7. The number of aromatic nitrogens is 2. The normalized spacial score (nSPS) is 10.5. The summed E-state index contributed by atoms with van der Waals surface area (Å²) in [6.07, 6.45) is 5.05. The Hall–Kier alpha value is -9.08. The highest BCUT2D eigenvalue weighted by Gasteiger charge is 2.19. The molecule has 2 amide bonds. The zero-order chi connectivity index (χ0) is 77.7. The van der Waals surface area contributed by atoms with Gasteiger partial charge >= 0.3 is 0 Å². The molecule has 0 aliphatic carbocycles. The van der Waals surface area contributed by atoms with Crippen LogP contribution in [0.1, 0.15) is 240 Å². The van der Waals surface area contributed by atoms with Crippen LogP contribution in [0.15, 0.2) is 173 Å². The number of amides is 2. The molecular weight excluding hydrogens is 1440 g/mol. The van der Waals surface area contributed by atoms with Gasteiger partial charge in [-0.15, -0.1) is 0 Å². The molecule has 0 unspecified atom stereocenters. The maximum absolute atomic E-state index is 11.6. The van der Waals surface area contributed by atoms with Crippen molar-refractivity contribution < 1.29 is 76.8 Å². The van der Waals surface area contributed by atoms with Crippen molar-refractivity contribution in [1.29, 1.82) is 0 Å². The molecule has 107 heavy (non-hydrogen) atoms. The van der Waals surface area contributed by atoms with Gasteiger partial charge in [0.15, 0.2) is 70.0 Å². The van der Waals surface area contributed by atoms with Gasteiger partial charge in [-0.3, -0.25) is 48.2 Å². The van der Waals surface area contributed by atoms with E-state index in [2.05, 4.69) is 20.2 Å². The van der Waals surface area contributed by atoms with Crippen molar-refractivity contribution in [2.45, 2.75) is 162 Å². The average molecular weight is 1570 g/mol. The number of primary amides is 1. The number of H-pyrrole nitrogens is 1. The molecule has 7 rings (SSSR count). The number of hydrogen-bond donors (Lipinski definition) is 4. The van der Waals surface area contributed by atoms with Crippen LogP contribution in [0.4, 0.5) is 0 Å². The number of aromatic amines is 1. The Labute approximate surface area is 640 Å². The molecule has 0 fully saturated rings. The Morgan fingerprint density at radius 3 is 0.925 bits per heavy atom. The molecule has 0 aliphatic rings. The number of sulfonamides is 1. The Morgan fingerprint density at radius 1 is 0.364 bits per heavy atom. The Balaban J connectivity index is -0.000000276. The first-order chi connectivity index (χ1) is 46.6. The van der Waals surface area contributed by atoms with Crippen LogP contribution in [0.25, 0.3) is 0 Å². The van der Waals surface area contributed by atoms with E-state index < -0.39 is 45.4 Å². The second-order valence-electron chi connectivity index (χ2n) is 25.3. The summed E-state index contributed by atoms with van der Waals surface area (Å²) in [6, 6.07) is 39.6. The highest BCUT2D eigenvalue weighted by molar-refractivity contribution is 7.91. The molecule has 0 atom stereocenters. The molecular formula is C81H121N5O17S4. The molecule has 596 valence electrons. The summed E-state index contributed by atoms with van der Waals surface area (Å²) in [5.74, 6) is -0.602. The molecule has 0 saturated heterocycles. The largest absolute Gasteiger partial charge is 0.366 e. The minimum atomic E-state index is -3.42. The number of carbonyl (C=O) groups excluding carboxylic acids is 9. The third-order valence-corrected chi connectivity index (χ3v) is 18.6. The topological polar surface area (TPSA) is 369 Å². The fraction of sp³-hybridized carbons (Fsp3) is 0.407. The first-order valence-corrected chi connectivity index (χ1v) is 39.4. The fourth-order valence-corrected chi connectivity index (χ4v) is 11.0. The predicted octanol–water partition coefficient (Wildman–Crippen LogP) is 15.9. The van der Waals surface area contributed by atoms with E-state index in [4.69, 9.17) is 5.73 Å². The van der Waals surface area contributed by atoms with E-state index in [1.807, 2.05) is 69.2 Å². The minimum absolute atomic E-state index is 0. The third-order valence-electron chi connectivity index (χ3n) is 14.0. The number of nitrogens with two attached hydrogens (primary N) is 1. The molecule has 1 aromatic heterocycles. The molecule has 1 heterocycles. The van der Waals surface area contributed by atoms with Crippen LogP contribution >= 0.6 is 0 Å². The molecule has 6 aromatic carbocycles. The lowest BCUT2D eigenvalue weighted by molar-refractivity contribution is 0.0928. The number of hydrogen-bond acceptors (Lipinski definition) is 18. The van der Waals surface area contributed by atoms with Gasteiger partial charge in [0.25, 0.3) is 5.91 Å². The number of rotatable bonds is 22.